The number of nitrogen functional groups attached to an aromatic ring is 1. The quantitative estimate of drug-likeness (QED) is 0.320. The van der Waals surface area contributed by atoms with E-state index in [9.17, 15) is 10.1 Å². The molecule has 8 heteroatoms. The van der Waals surface area contributed by atoms with E-state index in [0.29, 0.717) is 28.1 Å². The number of furan rings is 1. The summed E-state index contributed by atoms with van der Waals surface area (Å²) in [6.45, 7) is 0. The van der Waals surface area contributed by atoms with Gasteiger partial charge in [0.15, 0.2) is 0 Å². The van der Waals surface area contributed by atoms with Crippen LogP contribution in [0.4, 0.5) is 5.69 Å². The van der Waals surface area contributed by atoms with Gasteiger partial charge in [-0.05, 0) is 54.6 Å². The van der Waals surface area contributed by atoms with Gasteiger partial charge in [0.2, 0.25) is 5.88 Å². The Kier molecular flexibility index (Phi) is 5.17. The van der Waals surface area contributed by atoms with Crippen LogP contribution in [-0.2, 0) is 0 Å². The molecule has 33 heavy (non-hydrogen) atoms. The number of rotatable bonds is 4. The highest BCUT2D eigenvalue weighted by atomic mass is 79.9. The number of benzene rings is 3. The van der Waals surface area contributed by atoms with Gasteiger partial charge in [-0.1, -0.05) is 34.1 Å². The minimum Gasteiger partial charge on any atom is -0.464 e. The normalized spacial score (nSPS) is 10.8. The summed E-state index contributed by atoms with van der Waals surface area (Å²) in [7, 11) is 0. The topological polar surface area (TPSA) is 107 Å². The number of hydrogen-bond donors (Lipinski definition) is 1. The third kappa shape index (κ3) is 3.64. The summed E-state index contributed by atoms with van der Waals surface area (Å²) in [5.41, 5.74) is 7.12. The van der Waals surface area contributed by atoms with E-state index in [1.54, 1.807) is 54.6 Å². The molecular weight excluding hydrogens is 484 g/mol. The highest BCUT2D eigenvalue weighted by molar-refractivity contribution is 9.10. The van der Waals surface area contributed by atoms with E-state index >= 15 is 0 Å². The van der Waals surface area contributed by atoms with Crippen LogP contribution in [0.5, 0.6) is 11.6 Å². The Labute approximate surface area is 196 Å². The molecular formula is C25H15BrN4O3. The van der Waals surface area contributed by atoms with Gasteiger partial charge >= 0.3 is 0 Å². The molecule has 0 aliphatic carbocycles. The lowest BCUT2D eigenvalue weighted by atomic mass is 9.98. The Bertz CT molecular complexity index is 1570. The van der Waals surface area contributed by atoms with Crippen molar-refractivity contribution in [2.24, 2.45) is 0 Å². The van der Waals surface area contributed by atoms with Crippen LogP contribution in [0, 0.1) is 11.3 Å². The second-order valence-corrected chi connectivity index (χ2v) is 8.05. The number of hydrogen-bond acceptors (Lipinski definition) is 6. The fraction of sp³-hybridized carbons (Fsp3) is 0. The average Bonchev–Trinajstić information content (AvgIpc) is 3.37. The molecule has 0 fully saturated rings. The highest BCUT2D eigenvalue weighted by Crippen LogP contribution is 2.37. The first-order valence-electron chi connectivity index (χ1n) is 9.89. The van der Waals surface area contributed by atoms with Gasteiger partial charge < -0.3 is 14.9 Å². The van der Waals surface area contributed by atoms with E-state index in [-0.39, 0.29) is 22.5 Å². The average molecular weight is 499 g/mol. The maximum atomic E-state index is 13.5. The first-order chi connectivity index (χ1) is 16.1. The number of halogens is 1. The number of aromatic nitrogens is 2. The van der Waals surface area contributed by atoms with Gasteiger partial charge in [-0.2, -0.15) is 9.94 Å². The molecule has 5 rings (SSSR count). The van der Waals surface area contributed by atoms with Crippen LogP contribution >= 0.6 is 15.9 Å². The van der Waals surface area contributed by atoms with Crippen LogP contribution in [0.25, 0.3) is 27.8 Å². The third-order valence-electron chi connectivity index (χ3n) is 5.12. The molecule has 0 amide bonds. The Balaban J connectivity index is 1.85. The number of ether oxygens (including phenoxy) is 1. The molecule has 0 atom stereocenters. The predicted molar refractivity (Wildman–Crippen MR) is 128 cm³/mol. The molecule has 0 spiro atoms. The van der Waals surface area contributed by atoms with E-state index in [2.05, 4.69) is 27.1 Å². The van der Waals surface area contributed by atoms with Crippen molar-refractivity contribution in [3.8, 4) is 34.7 Å². The van der Waals surface area contributed by atoms with Crippen molar-refractivity contribution < 1.29 is 9.15 Å². The molecule has 0 aliphatic heterocycles. The number of para-hydroxylation sites is 1. The Morgan fingerprint density at radius 2 is 1.82 bits per heavy atom. The van der Waals surface area contributed by atoms with Crippen LogP contribution in [-0.4, -0.2) is 9.78 Å². The molecule has 2 heterocycles. The summed E-state index contributed by atoms with van der Waals surface area (Å²) >= 11 is 3.41. The largest absolute Gasteiger partial charge is 0.464 e. The lowest BCUT2D eigenvalue weighted by molar-refractivity contribution is 0.454. The molecule has 0 unspecified atom stereocenters. The minimum absolute atomic E-state index is 0.0409. The number of nitriles is 1. The van der Waals surface area contributed by atoms with Gasteiger partial charge in [-0.3, -0.25) is 4.79 Å². The van der Waals surface area contributed by atoms with Crippen molar-refractivity contribution >= 4 is 32.4 Å². The molecule has 3 aromatic carbocycles. The summed E-state index contributed by atoms with van der Waals surface area (Å²) in [5.74, 6) is 1.13. The zero-order valence-electron chi connectivity index (χ0n) is 17.0. The summed E-state index contributed by atoms with van der Waals surface area (Å²) in [6, 6.07) is 23.3. The molecule has 0 bridgehead atoms. The van der Waals surface area contributed by atoms with Gasteiger partial charge in [-0.25, -0.2) is 0 Å². The van der Waals surface area contributed by atoms with Gasteiger partial charge in [0, 0.05) is 10.0 Å². The molecule has 160 valence electrons. The second kappa shape index (κ2) is 8.30. The standard InChI is InChI=1S/C25H15BrN4O3/c26-15-8-10-17(11-9-15)33-24-19-13-18(21-7-4-12-32-21)20(14-27)23(28)22(19)25(31)30(29-24)16-5-2-1-3-6-16/h1-13H,28H2. The smallest absolute Gasteiger partial charge is 0.281 e. The number of anilines is 1. The lowest BCUT2D eigenvalue weighted by Crippen LogP contribution is -2.23. The van der Waals surface area contributed by atoms with E-state index in [1.165, 1.54) is 10.9 Å². The van der Waals surface area contributed by atoms with Crippen LogP contribution < -0.4 is 16.0 Å². The maximum Gasteiger partial charge on any atom is 0.281 e. The molecule has 7 nitrogen and oxygen atoms in total. The van der Waals surface area contributed by atoms with Crippen LogP contribution in [0.1, 0.15) is 5.56 Å². The van der Waals surface area contributed by atoms with E-state index in [1.807, 2.05) is 18.2 Å². The van der Waals surface area contributed by atoms with Crippen molar-refractivity contribution in [2.75, 3.05) is 5.73 Å². The minimum atomic E-state index is -0.459. The molecule has 2 N–H and O–H groups in total. The summed E-state index contributed by atoms with van der Waals surface area (Å²) in [6.07, 6.45) is 1.50. The van der Waals surface area contributed by atoms with Crippen molar-refractivity contribution in [3.05, 3.63) is 99.4 Å². The van der Waals surface area contributed by atoms with Crippen LogP contribution in [0.2, 0.25) is 0 Å². The van der Waals surface area contributed by atoms with Gasteiger partial charge in [0.1, 0.15) is 17.6 Å². The fourth-order valence-corrected chi connectivity index (χ4v) is 3.84. The molecule has 5 aromatic rings. The monoisotopic (exact) mass is 498 g/mol. The Morgan fingerprint density at radius 1 is 1.06 bits per heavy atom. The second-order valence-electron chi connectivity index (χ2n) is 7.14. The fourth-order valence-electron chi connectivity index (χ4n) is 3.58. The molecule has 0 saturated heterocycles. The van der Waals surface area contributed by atoms with Crippen LogP contribution in [0.15, 0.2) is 92.7 Å². The van der Waals surface area contributed by atoms with Gasteiger partial charge in [0.25, 0.3) is 5.56 Å². The summed E-state index contributed by atoms with van der Waals surface area (Å²) < 4.78 is 13.7. The van der Waals surface area contributed by atoms with Crippen molar-refractivity contribution in [2.45, 2.75) is 0 Å². The maximum absolute atomic E-state index is 13.5. The Hall–Kier alpha value is -4.35. The van der Waals surface area contributed by atoms with Gasteiger partial charge in [-0.15, -0.1) is 5.10 Å². The van der Waals surface area contributed by atoms with Gasteiger partial charge in [0.05, 0.1) is 34.0 Å². The molecule has 0 radical (unpaired) electrons. The number of nitrogens with zero attached hydrogens (tertiary/aromatic N) is 3. The summed E-state index contributed by atoms with van der Waals surface area (Å²) in [5, 5.41) is 14.9. The van der Waals surface area contributed by atoms with E-state index in [4.69, 9.17) is 14.9 Å². The molecule has 0 aliphatic rings. The molecule has 0 saturated carbocycles. The SMILES string of the molecule is N#Cc1c(-c2ccco2)cc2c(Oc3ccc(Br)cc3)nn(-c3ccccc3)c(=O)c2c1N. The first kappa shape index (κ1) is 20.5. The first-order valence-corrected chi connectivity index (χ1v) is 10.7. The summed E-state index contributed by atoms with van der Waals surface area (Å²) in [4.78, 5) is 13.5. The van der Waals surface area contributed by atoms with E-state index in [0.717, 1.165) is 4.47 Å². The zero-order valence-corrected chi connectivity index (χ0v) is 18.6. The van der Waals surface area contributed by atoms with E-state index < -0.39 is 5.56 Å². The Morgan fingerprint density at radius 3 is 2.48 bits per heavy atom. The van der Waals surface area contributed by atoms with Crippen LogP contribution in [0.3, 0.4) is 0 Å². The number of nitrogens with two attached hydrogens (primary N) is 1. The number of fused-ring (bicyclic) bond motifs is 1. The third-order valence-corrected chi connectivity index (χ3v) is 5.65. The van der Waals surface area contributed by atoms with Crippen molar-refractivity contribution in [1.29, 1.82) is 5.26 Å². The zero-order chi connectivity index (χ0) is 22.9. The predicted octanol–water partition coefficient (Wildman–Crippen LogP) is 5.65. The van der Waals surface area contributed by atoms with Crippen molar-refractivity contribution in [1.82, 2.24) is 9.78 Å². The molecule has 2 aromatic heterocycles. The lowest BCUT2D eigenvalue weighted by Gasteiger charge is -2.15. The highest BCUT2D eigenvalue weighted by Gasteiger charge is 2.22. The van der Waals surface area contributed by atoms with Crippen molar-refractivity contribution in [3.63, 3.8) is 0 Å².